The van der Waals surface area contributed by atoms with Gasteiger partial charge in [0.05, 0.1) is 0 Å². The maximum Gasteiger partial charge on any atom is 2.00 e. The Hall–Kier alpha value is 0.826. The minimum absolute atomic E-state index is 0. The minimum Gasteiger partial charge on any atom is -1.00 e. The molecule has 0 spiro atoms. The molecule has 12 heavy (non-hydrogen) atoms. The van der Waals surface area contributed by atoms with Gasteiger partial charge in [-0.05, 0) is 19.3 Å². The number of hydrogen-bond acceptors (Lipinski definition) is 0. The van der Waals surface area contributed by atoms with E-state index in [0.717, 1.165) is 19.3 Å². The quantitative estimate of drug-likeness (QED) is 0.348. The summed E-state index contributed by atoms with van der Waals surface area (Å²) in [4.78, 5) is 0. The summed E-state index contributed by atoms with van der Waals surface area (Å²) in [5, 5.41) is 0. The molecule has 0 aliphatic heterocycles. The molecule has 0 aromatic heterocycles. The van der Waals surface area contributed by atoms with E-state index < -0.39 is 0 Å². The molecule has 0 bridgehead atoms. The first-order valence-electron chi connectivity index (χ1n) is 3.71. The van der Waals surface area contributed by atoms with Crippen LogP contribution in [-0.4, -0.2) is 23.1 Å². The van der Waals surface area contributed by atoms with Crippen LogP contribution in [0.1, 0.15) is 33.1 Å². The molecule has 68 valence electrons. The van der Waals surface area contributed by atoms with E-state index in [4.69, 9.17) is 0 Å². The smallest absolute Gasteiger partial charge is 1.00 e. The van der Waals surface area contributed by atoms with Gasteiger partial charge in [-0.2, -0.15) is 0 Å². The van der Waals surface area contributed by atoms with E-state index in [0.29, 0.717) is 0 Å². The van der Waals surface area contributed by atoms with Gasteiger partial charge in [0, 0.05) is 0 Å². The maximum absolute atomic E-state index is 2.20. The Morgan fingerprint density at radius 3 is 1.33 bits per heavy atom. The van der Waals surface area contributed by atoms with Crippen molar-refractivity contribution in [2.45, 2.75) is 33.1 Å². The fraction of sp³-hybridized carbons (Fsp3) is 0.556. The van der Waals surface area contributed by atoms with Crippen LogP contribution in [0.4, 0.5) is 0 Å². The second kappa shape index (κ2) is 22.6. The van der Waals surface area contributed by atoms with Crippen LogP contribution < -0.4 is 24.8 Å². The Bertz CT molecular complexity index is 88.7. The summed E-state index contributed by atoms with van der Waals surface area (Å²) >= 11 is 0. The molecule has 0 nitrogen and oxygen atoms in total. The van der Waals surface area contributed by atoms with E-state index in [1.54, 1.807) is 0 Å². The first kappa shape index (κ1) is 23.0. The summed E-state index contributed by atoms with van der Waals surface area (Å²) in [6.07, 6.45) is 12.2. The van der Waals surface area contributed by atoms with Crippen LogP contribution in [-0.2, 0) is 0 Å². The van der Waals surface area contributed by atoms with Crippen molar-refractivity contribution in [1.82, 2.24) is 0 Å². The minimum atomic E-state index is 0. The molecule has 3 heteroatoms. The average Bonchev–Trinajstić information content (AvgIpc) is 1.89. The van der Waals surface area contributed by atoms with Gasteiger partial charge in [0.15, 0.2) is 0 Å². The van der Waals surface area contributed by atoms with Crippen molar-refractivity contribution in [2.24, 2.45) is 0 Å². The molecule has 0 saturated carbocycles. The molecule has 0 amide bonds. The molecule has 0 saturated heterocycles. The number of allylic oxidation sites excluding steroid dienone is 4. The zero-order valence-corrected chi connectivity index (χ0v) is 10.8. The predicted octanol–water partition coefficient (Wildman–Crippen LogP) is -3.06. The Morgan fingerprint density at radius 1 is 0.750 bits per heavy atom. The summed E-state index contributed by atoms with van der Waals surface area (Å²) in [5.41, 5.74) is 0. The fourth-order valence-electron chi connectivity index (χ4n) is 0.604. The molecular weight excluding hydrogens is 203 g/mol. The van der Waals surface area contributed by atoms with Crippen molar-refractivity contribution in [1.29, 1.82) is 0 Å². The molecule has 0 unspecified atom stereocenters. The molecule has 0 aromatic rings. The maximum atomic E-state index is 2.20. The Kier molecular flexibility index (Phi) is 43.4. The standard InChI is InChI=1S/C9H16.2ClH.Mg/c1-3-5-7-9-8-6-4-2;;;/h5-8H,3-4,9H2,1-2H3;2*1H;/q;;;+2/p-2/b7-5-,8-6-;;;. The predicted molar refractivity (Wildman–Crippen MR) is 49.2 cm³/mol. The Morgan fingerprint density at radius 2 is 1.08 bits per heavy atom. The van der Waals surface area contributed by atoms with Gasteiger partial charge in [-0.25, -0.2) is 0 Å². The largest absolute Gasteiger partial charge is 2.00 e. The first-order chi connectivity index (χ1) is 4.41. The van der Waals surface area contributed by atoms with Crippen molar-refractivity contribution in [3.05, 3.63) is 24.3 Å². The van der Waals surface area contributed by atoms with Crippen LogP contribution in [0.15, 0.2) is 24.3 Å². The van der Waals surface area contributed by atoms with Crippen LogP contribution in [0, 0.1) is 0 Å². The molecule has 0 aliphatic carbocycles. The molecule has 0 rings (SSSR count). The van der Waals surface area contributed by atoms with Gasteiger partial charge in [0.2, 0.25) is 0 Å². The third kappa shape index (κ3) is 22.4. The third-order valence-electron chi connectivity index (χ3n) is 1.08. The molecule has 0 fully saturated rings. The zero-order chi connectivity index (χ0) is 6.95. The third-order valence-corrected chi connectivity index (χ3v) is 1.08. The number of hydrogen-bond donors (Lipinski definition) is 0. The van der Waals surface area contributed by atoms with E-state index >= 15 is 0 Å². The van der Waals surface area contributed by atoms with Gasteiger partial charge in [0.1, 0.15) is 0 Å². The number of rotatable bonds is 4. The zero-order valence-electron chi connectivity index (χ0n) is 7.89. The summed E-state index contributed by atoms with van der Waals surface area (Å²) < 4.78 is 0. The van der Waals surface area contributed by atoms with Crippen LogP contribution in [0.5, 0.6) is 0 Å². The normalized spacial score (nSPS) is 8.83. The Labute approximate surface area is 105 Å². The summed E-state index contributed by atoms with van der Waals surface area (Å²) in [6.45, 7) is 4.31. The van der Waals surface area contributed by atoms with Gasteiger partial charge in [-0.15, -0.1) is 0 Å². The summed E-state index contributed by atoms with van der Waals surface area (Å²) in [7, 11) is 0. The summed E-state index contributed by atoms with van der Waals surface area (Å²) in [6, 6.07) is 0. The van der Waals surface area contributed by atoms with Crippen molar-refractivity contribution in [2.75, 3.05) is 0 Å². The van der Waals surface area contributed by atoms with Crippen LogP contribution in [0.25, 0.3) is 0 Å². The van der Waals surface area contributed by atoms with Gasteiger partial charge >= 0.3 is 23.1 Å². The first-order valence-corrected chi connectivity index (χ1v) is 3.71. The molecule has 0 aliphatic rings. The van der Waals surface area contributed by atoms with E-state index in [2.05, 4.69) is 38.2 Å². The van der Waals surface area contributed by atoms with E-state index in [-0.39, 0.29) is 47.9 Å². The van der Waals surface area contributed by atoms with Crippen molar-refractivity contribution in [3.8, 4) is 0 Å². The van der Waals surface area contributed by atoms with Crippen LogP contribution in [0.2, 0.25) is 0 Å². The average molecular weight is 219 g/mol. The van der Waals surface area contributed by atoms with E-state index in [9.17, 15) is 0 Å². The molecule has 0 aromatic carbocycles. The number of halogens is 2. The van der Waals surface area contributed by atoms with Crippen molar-refractivity contribution >= 4 is 23.1 Å². The van der Waals surface area contributed by atoms with Crippen LogP contribution >= 0.6 is 0 Å². The summed E-state index contributed by atoms with van der Waals surface area (Å²) in [5.74, 6) is 0. The second-order valence-corrected chi connectivity index (χ2v) is 2.00. The molecule has 0 N–H and O–H groups in total. The molecule has 0 heterocycles. The molecular formula is C9H16Cl2Mg. The van der Waals surface area contributed by atoms with E-state index in [1.807, 2.05) is 0 Å². The fourth-order valence-corrected chi connectivity index (χ4v) is 0.604. The topological polar surface area (TPSA) is 0 Å². The van der Waals surface area contributed by atoms with Gasteiger partial charge in [-0.1, -0.05) is 38.2 Å². The monoisotopic (exact) mass is 218 g/mol. The van der Waals surface area contributed by atoms with Gasteiger partial charge in [0.25, 0.3) is 0 Å². The molecule has 0 atom stereocenters. The van der Waals surface area contributed by atoms with Crippen LogP contribution in [0.3, 0.4) is 0 Å². The van der Waals surface area contributed by atoms with Gasteiger partial charge < -0.3 is 24.8 Å². The molecule has 0 radical (unpaired) electrons. The van der Waals surface area contributed by atoms with Crippen molar-refractivity contribution in [3.63, 3.8) is 0 Å². The van der Waals surface area contributed by atoms with E-state index in [1.165, 1.54) is 0 Å². The SMILES string of the molecule is CC/C=C\C/C=C\CC.[Cl-].[Cl-].[Mg+2]. The van der Waals surface area contributed by atoms with Gasteiger partial charge in [-0.3, -0.25) is 0 Å². The Balaban J connectivity index is -0.000000107. The second-order valence-electron chi connectivity index (χ2n) is 2.00. The van der Waals surface area contributed by atoms with Crippen molar-refractivity contribution < 1.29 is 24.8 Å².